The Balaban J connectivity index is 1.26. The molecule has 14 heteroatoms. The number of amides is 4. The molecule has 5 aromatic rings. The zero-order valence-electron chi connectivity index (χ0n) is 31.3. The molecule has 57 heavy (non-hydrogen) atoms. The maximum Gasteiger partial charge on any atom is 0.253 e. The third-order valence-corrected chi connectivity index (χ3v) is 9.87. The molecule has 3 atom stereocenters. The van der Waals surface area contributed by atoms with Crippen LogP contribution in [0.25, 0.3) is 0 Å². The van der Waals surface area contributed by atoms with Gasteiger partial charge in [0.25, 0.3) is 17.7 Å². The number of benzene rings is 5. The maximum atomic E-state index is 14.3. The second-order valence-electron chi connectivity index (χ2n) is 13.6. The van der Waals surface area contributed by atoms with Gasteiger partial charge in [0.05, 0.1) is 14.2 Å². The number of hydrogen-bond donors (Lipinski definition) is 2. The van der Waals surface area contributed by atoms with Gasteiger partial charge in [0.2, 0.25) is 5.91 Å². The van der Waals surface area contributed by atoms with E-state index in [2.05, 4.69) is 10.6 Å². The Morgan fingerprint density at radius 3 is 1.70 bits per heavy atom. The first-order valence-corrected chi connectivity index (χ1v) is 17.7. The maximum absolute atomic E-state index is 14.3. The van der Waals surface area contributed by atoms with Gasteiger partial charge in [-0.2, -0.15) is 0 Å². The molecule has 294 valence electrons. The van der Waals surface area contributed by atoms with Crippen molar-refractivity contribution in [3.8, 4) is 11.5 Å². The summed E-state index contributed by atoms with van der Waals surface area (Å²) in [5.74, 6) is -5.83. The van der Waals surface area contributed by atoms with Gasteiger partial charge in [0.1, 0.15) is 46.3 Å². The minimum Gasteiger partial charge on any atom is -0.497 e. The highest BCUT2D eigenvalue weighted by atomic mass is 19.1. The summed E-state index contributed by atoms with van der Waals surface area (Å²) in [5, 5.41) is 5.43. The second kappa shape index (κ2) is 16.6. The summed E-state index contributed by atoms with van der Waals surface area (Å²) in [6, 6.07) is 23.0. The van der Waals surface area contributed by atoms with E-state index in [9.17, 15) is 36.7 Å². The fourth-order valence-corrected chi connectivity index (χ4v) is 6.74. The van der Waals surface area contributed by atoms with Gasteiger partial charge < -0.3 is 29.9 Å². The molecule has 10 nitrogen and oxygen atoms in total. The number of anilines is 2. The Morgan fingerprint density at radius 2 is 1.18 bits per heavy atom. The van der Waals surface area contributed by atoms with Gasteiger partial charge in [-0.05, 0) is 109 Å². The highest BCUT2D eigenvalue weighted by Gasteiger charge is 2.63. The molecule has 0 bridgehead atoms. The standard InChI is InChI=1S/C43H38F4N4O6/c1-50(33-8-12-35(56-3)13-9-33)41(54)38(18-25-16-29(44)22-30(45)17-25)48-39(52)26-6-5-7-27(19-26)40(53)49-43(24-37(43)28-20-31(46)23-32(47)21-28)42(55)51(2)34-10-14-36(57-4)15-11-34/h5-17,19-23,37-38H,18,24H2,1-4H3,(H,48,52)(H,49,53)/t37?,38-,43-/m0/s1. The van der Waals surface area contributed by atoms with E-state index in [1.807, 2.05) is 0 Å². The quantitative estimate of drug-likeness (QED) is 0.130. The van der Waals surface area contributed by atoms with E-state index in [-0.39, 0.29) is 35.1 Å². The topological polar surface area (TPSA) is 117 Å². The predicted octanol–water partition coefficient (Wildman–Crippen LogP) is 6.58. The monoisotopic (exact) mass is 782 g/mol. The molecule has 1 saturated carbocycles. The number of nitrogens with zero attached hydrogens (tertiary/aromatic N) is 2. The van der Waals surface area contributed by atoms with Crippen molar-refractivity contribution >= 4 is 35.0 Å². The molecule has 1 aliphatic rings. The van der Waals surface area contributed by atoms with Crippen molar-refractivity contribution in [3.05, 3.63) is 155 Å². The lowest BCUT2D eigenvalue weighted by atomic mass is 10.0. The fraction of sp³-hybridized carbons (Fsp3) is 0.209. The van der Waals surface area contributed by atoms with E-state index in [1.54, 1.807) is 48.5 Å². The number of methoxy groups -OCH3 is 2. The normalized spacial score (nSPS) is 16.2. The van der Waals surface area contributed by atoms with E-state index in [1.165, 1.54) is 62.4 Å². The summed E-state index contributed by atoms with van der Waals surface area (Å²) < 4.78 is 67.4. The fourth-order valence-electron chi connectivity index (χ4n) is 6.74. The number of ether oxygens (including phenoxy) is 2. The Bertz CT molecular complexity index is 2280. The van der Waals surface area contributed by atoms with Crippen LogP contribution in [0.3, 0.4) is 0 Å². The van der Waals surface area contributed by atoms with Crippen LogP contribution in [0.5, 0.6) is 11.5 Å². The van der Waals surface area contributed by atoms with Crippen molar-refractivity contribution in [3.63, 3.8) is 0 Å². The van der Waals surface area contributed by atoms with E-state index in [4.69, 9.17) is 9.47 Å². The van der Waals surface area contributed by atoms with Gasteiger partial charge in [-0.25, -0.2) is 17.6 Å². The molecule has 0 spiro atoms. The average molecular weight is 783 g/mol. The molecule has 4 amide bonds. The Kier molecular flexibility index (Phi) is 11.6. The second-order valence-corrected chi connectivity index (χ2v) is 13.6. The summed E-state index contributed by atoms with van der Waals surface area (Å²) >= 11 is 0. The number of halogens is 4. The smallest absolute Gasteiger partial charge is 0.253 e. The largest absolute Gasteiger partial charge is 0.497 e. The van der Waals surface area contributed by atoms with Crippen LogP contribution in [-0.2, 0) is 16.0 Å². The van der Waals surface area contributed by atoms with Crippen molar-refractivity contribution in [1.82, 2.24) is 10.6 Å². The van der Waals surface area contributed by atoms with E-state index < -0.39 is 64.4 Å². The van der Waals surface area contributed by atoms with Crippen LogP contribution in [0.4, 0.5) is 28.9 Å². The van der Waals surface area contributed by atoms with Crippen molar-refractivity contribution in [2.45, 2.75) is 30.3 Å². The first-order chi connectivity index (χ1) is 27.2. The summed E-state index contributed by atoms with van der Waals surface area (Å²) in [7, 11) is 5.97. The van der Waals surface area contributed by atoms with Gasteiger partial charge in [-0.3, -0.25) is 19.2 Å². The summed E-state index contributed by atoms with van der Waals surface area (Å²) in [6.45, 7) is 0. The van der Waals surface area contributed by atoms with Gasteiger partial charge in [-0.15, -0.1) is 0 Å². The zero-order chi connectivity index (χ0) is 41.0. The third-order valence-electron chi connectivity index (χ3n) is 9.87. The molecule has 6 rings (SSSR count). The third kappa shape index (κ3) is 8.90. The number of nitrogens with one attached hydrogen (secondary N) is 2. The average Bonchev–Trinajstić information content (AvgIpc) is 3.93. The Labute approximate surface area is 326 Å². The molecule has 0 radical (unpaired) electrons. The minimum atomic E-state index is -1.62. The Morgan fingerprint density at radius 1 is 0.684 bits per heavy atom. The molecule has 5 aromatic carbocycles. The molecule has 1 unspecified atom stereocenters. The van der Waals surface area contributed by atoms with Crippen LogP contribution in [0.1, 0.15) is 44.2 Å². The molecule has 1 fully saturated rings. The van der Waals surface area contributed by atoms with Crippen molar-refractivity contribution in [2.75, 3.05) is 38.1 Å². The first kappa shape index (κ1) is 40.0. The summed E-state index contributed by atoms with van der Waals surface area (Å²) in [4.78, 5) is 58.4. The van der Waals surface area contributed by atoms with Gasteiger partial charge >= 0.3 is 0 Å². The SMILES string of the molecule is COc1ccc(N(C)C(=O)[C@H](Cc2cc(F)cc(F)c2)NC(=O)c2cccc(C(=O)N[C@@]3(C(=O)N(C)c4ccc(OC)cc4)CC3c3cc(F)cc(F)c3)c2)cc1. The van der Waals surface area contributed by atoms with Crippen LogP contribution in [0.15, 0.2) is 109 Å². The van der Waals surface area contributed by atoms with Crippen molar-refractivity contribution in [1.29, 1.82) is 0 Å². The van der Waals surface area contributed by atoms with E-state index >= 15 is 0 Å². The number of rotatable bonds is 13. The van der Waals surface area contributed by atoms with Crippen LogP contribution in [-0.4, -0.2) is 63.5 Å². The molecule has 2 N–H and O–H groups in total. The molecular weight excluding hydrogens is 744 g/mol. The lowest BCUT2D eigenvalue weighted by Gasteiger charge is -2.26. The first-order valence-electron chi connectivity index (χ1n) is 17.7. The highest BCUT2D eigenvalue weighted by Crippen LogP contribution is 2.53. The lowest BCUT2D eigenvalue weighted by Crippen LogP contribution is -2.51. The number of likely N-dealkylation sites (N-methyl/N-ethyl adjacent to an activating group) is 2. The van der Waals surface area contributed by atoms with Gasteiger partial charge in [-0.1, -0.05) is 6.07 Å². The van der Waals surface area contributed by atoms with E-state index in [0.717, 1.165) is 24.3 Å². The van der Waals surface area contributed by atoms with E-state index in [0.29, 0.717) is 35.0 Å². The molecule has 0 aliphatic heterocycles. The van der Waals surface area contributed by atoms with Crippen LogP contribution >= 0.6 is 0 Å². The Hall–Kier alpha value is -6.70. The minimum absolute atomic E-state index is 0.0211. The summed E-state index contributed by atoms with van der Waals surface area (Å²) in [5.41, 5.74) is -0.512. The number of carbonyl (C=O) groups is 4. The molecule has 0 aromatic heterocycles. The highest BCUT2D eigenvalue weighted by molar-refractivity contribution is 6.09. The molecule has 0 saturated heterocycles. The predicted molar refractivity (Wildman–Crippen MR) is 204 cm³/mol. The lowest BCUT2D eigenvalue weighted by molar-refractivity contribution is -0.121. The van der Waals surface area contributed by atoms with Crippen LogP contribution < -0.4 is 29.9 Å². The molecular formula is C43H38F4N4O6. The summed E-state index contributed by atoms with van der Waals surface area (Å²) in [6.07, 6.45) is -0.262. The van der Waals surface area contributed by atoms with Crippen molar-refractivity contribution in [2.24, 2.45) is 0 Å². The van der Waals surface area contributed by atoms with Crippen molar-refractivity contribution < 1.29 is 46.2 Å². The number of hydrogen-bond acceptors (Lipinski definition) is 6. The number of carbonyl (C=O) groups excluding carboxylic acids is 4. The van der Waals surface area contributed by atoms with Gasteiger partial charge in [0, 0.05) is 61.1 Å². The molecule has 1 aliphatic carbocycles. The van der Waals surface area contributed by atoms with Gasteiger partial charge in [0.15, 0.2) is 0 Å². The van der Waals surface area contributed by atoms with Crippen LogP contribution in [0.2, 0.25) is 0 Å². The molecule has 0 heterocycles. The van der Waals surface area contributed by atoms with Crippen LogP contribution in [0, 0.1) is 23.3 Å². The zero-order valence-corrected chi connectivity index (χ0v) is 31.3.